The molecule has 2 atom stereocenters. The number of carbonyl (C=O) groups excluding carboxylic acids is 1. The molecule has 0 radical (unpaired) electrons. The van der Waals surface area contributed by atoms with E-state index in [1.807, 2.05) is 13.8 Å². The first-order valence-corrected chi connectivity index (χ1v) is 8.38. The van der Waals surface area contributed by atoms with Crippen molar-refractivity contribution >= 4 is 40.0 Å². The summed E-state index contributed by atoms with van der Waals surface area (Å²) in [5.74, 6) is -0.145. The molecule has 1 amide bonds. The lowest BCUT2D eigenvalue weighted by Crippen LogP contribution is -2.49. The van der Waals surface area contributed by atoms with Crippen LogP contribution in [0.15, 0.2) is 23.3 Å². The van der Waals surface area contributed by atoms with Gasteiger partial charge in [0, 0.05) is 18.1 Å². The molecule has 1 aromatic heterocycles. The Labute approximate surface area is 148 Å². The van der Waals surface area contributed by atoms with Gasteiger partial charge in [-0.1, -0.05) is 23.2 Å². The molecule has 0 N–H and O–H groups in total. The van der Waals surface area contributed by atoms with Crippen LogP contribution < -0.4 is 5.56 Å². The van der Waals surface area contributed by atoms with E-state index in [2.05, 4.69) is 4.98 Å². The minimum atomic E-state index is -0.341. The van der Waals surface area contributed by atoms with Crippen molar-refractivity contribution in [3.63, 3.8) is 0 Å². The van der Waals surface area contributed by atoms with Crippen LogP contribution in [0.25, 0.3) is 10.9 Å². The SMILES string of the molecule is C[C@@H]1CN(C(=O)Cn2cnc3c(Cl)cc(Cl)cc3c2=O)C[C@@H](C)O1. The number of nitrogens with zero attached hydrogens (tertiary/aromatic N) is 3. The maximum absolute atomic E-state index is 12.6. The molecule has 0 saturated carbocycles. The largest absolute Gasteiger partial charge is 0.372 e. The number of carbonyl (C=O) groups is 1. The first-order valence-electron chi connectivity index (χ1n) is 7.62. The van der Waals surface area contributed by atoms with Gasteiger partial charge in [-0.25, -0.2) is 4.98 Å². The van der Waals surface area contributed by atoms with Crippen LogP contribution in [-0.4, -0.2) is 45.7 Å². The van der Waals surface area contributed by atoms with E-state index in [-0.39, 0.29) is 30.2 Å². The average molecular weight is 370 g/mol. The molecule has 2 aromatic rings. The fourth-order valence-corrected chi connectivity index (χ4v) is 3.48. The van der Waals surface area contributed by atoms with Crippen molar-refractivity contribution in [2.45, 2.75) is 32.6 Å². The van der Waals surface area contributed by atoms with Crippen LogP contribution in [-0.2, 0) is 16.1 Å². The van der Waals surface area contributed by atoms with E-state index < -0.39 is 0 Å². The highest BCUT2D eigenvalue weighted by molar-refractivity contribution is 6.38. The van der Waals surface area contributed by atoms with E-state index in [9.17, 15) is 9.59 Å². The molecule has 128 valence electrons. The van der Waals surface area contributed by atoms with E-state index in [1.165, 1.54) is 23.0 Å². The number of ether oxygens (including phenoxy) is 1. The van der Waals surface area contributed by atoms with Gasteiger partial charge in [0.05, 0.1) is 34.5 Å². The Balaban J connectivity index is 1.89. The number of hydrogen-bond acceptors (Lipinski definition) is 4. The van der Waals surface area contributed by atoms with Crippen LogP contribution in [0, 0.1) is 0 Å². The Hall–Kier alpha value is -1.63. The molecule has 24 heavy (non-hydrogen) atoms. The zero-order valence-electron chi connectivity index (χ0n) is 13.3. The molecule has 6 nitrogen and oxygen atoms in total. The summed E-state index contributed by atoms with van der Waals surface area (Å²) < 4.78 is 6.90. The quantitative estimate of drug-likeness (QED) is 0.814. The molecule has 1 saturated heterocycles. The maximum atomic E-state index is 12.6. The standard InChI is InChI=1S/C16H17Cl2N3O3/c1-9-5-20(6-10(2)24-9)14(22)7-21-8-19-15-12(16(21)23)3-11(17)4-13(15)18/h3-4,8-10H,5-7H2,1-2H3/t9-,10-/m1/s1. The van der Waals surface area contributed by atoms with Gasteiger partial charge in [-0.05, 0) is 26.0 Å². The van der Waals surface area contributed by atoms with E-state index in [0.29, 0.717) is 34.0 Å². The lowest BCUT2D eigenvalue weighted by atomic mass is 10.2. The highest BCUT2D eigenvalue weighted by atomic mass is 35.5. The number of amides is 1. The van der Waals surface area contributed by atoms with Gasteiger partial charge >= 0.3 is 0 Å². The number of halogens is 2. The molecule has 8 heteroatoms. The van der Waals surface area contributed by atoms with E-state index in [4.69, 9.17) is 27.9 Å². The Bertz CT molecular complexity index is 842. The number of aromatic nitrogens is 2. The normalized spacial score (nSPS) is 21.2. The Morgan fingerprint density at radius 3 is 2.62 bits per heavy atom. The number of benzene rings is 1. The van der Waals surface area contributed by atoms with Gasteiger partial charge in [-0.15, -0.1) is 0 Å². The molecule has 0 unspecified atom stereocenters. The lowest BCUT2D eigenvalue weighted by Gasteiger charge is -2.35. The van der Waals surface area contributed by atoms with Crippen LogP contribution >= 0.6 is 23.2 Å². The minimum Gasteiger partial charge on any atom is -0.372 e. The van der Waals surface area contributed by atoms with Crippen molar-refractivity contribution in [3.05, 3.63) is 38.9 Å². The van der Waals surface area contributed by atoms with Crippen molar-refractivity contribution in [1.82, 2.24) is 14.5 Å². The summed E-state index contributed by atoms with van der Waals surface area (Å²) in [6, 6.07) is 3.04. The smallest absolute Gasteiger partial charge is 0.261 e. The van der Waals surface area contributed by atoms with Gasteiger partial charge in [-0.3, -0.25) is 14.2 Å². The predicted molar refractivity (Wildman–Crippen MR) is 92.6 cm³/mol. The molecule has 0 bridgehead atoms. The van der Waals surface area contributed by atoms with Gasteiger partial charge in [0.1, 0.15) is 6.54 Å². The predicted octanol–water partition coefficient (Wildman–Crippen LogP) is 2.34. The molecular weight excluding hydrogens is 353 g/mol. The summed E-state index contributed by atoms with van der Waals surface area (Å²) in [5, 5.41) is 0.960. The molecular formula is C16H17Cl2N3O3. The molecule has 1 aliphatic rings. The molecule has 0 spiro atoms. The minimum absolute atomic E-state index is 0.0261. The highest BCUT2D eigenvalue weighted by Gasteiger charge is 2.26. The fourth-order valence-electron chi connectivity index (χ4n) is 2.93. The summed E-state index contributed by atoms with van der Waals surface area (Å²) >= 11 is 12.0. The number of hydrogen-bond donors (Lipinski definition) is 0. The molecule has 1 aliphatic heterocycles. The lowest BCUT2D eigenvalue weighted by molar-refractivity contribution is -0.143. The van der Waals surface area contributed by atoms with Crippen LogP contribution in [0.1, 0.15) is 13.8 Å². The monoisotopic (exact) mass is 369 g/mol. The maximum Gasteiger partial charge on any atom is 0.261 e. The Kier molecular flexibility index (Phi) is 4.80. The van der Waals surface area contributed by atoms with Crippen molar-refractivity contribution in [2.75, 3.05) is 13.1 Å². The third-order valence-corrected chi connectivity index (χ3v) is 4.43. The summed E-state index contributed by atoms with van der Waals surface area (Å²) in [6.07, 6.45) is 1.29. The topological polar surface area (TPSA) is 64.4 Å². The van der Waals surface area contributed by atoms with Gasteiger partial charge in [0.2, 0.25) is 5.91 Å². The van der Waals surface area contributed by atoms with Gasteiger partial charge in [0.15, 0.2) is 0 Å². The van der Waals surface area contributed by atoms with Crippen LogP contribution in [0.2, 0.25) is 10.0 Å². The van der Waals surface area contributed by atoms with Crippen molar-refractivity contribution in [2.24, 2.45) is 0 Å². The first-order chi connectivity index (χ1) is 11.3. The number of fused-ring (bicyclic) bond motifs is 1. The fraction of sp³-hybridized carbons (Fsp3) is 0.438. The van der Waals surface area contributed by atoms with Crippen LogP contribution in [0.3, 0.4) is 0 Å². The Morgan fingerprint density at radius 2 is 1.96 bits per heavy atom. The third-order valence-electron chi connectivity index (χ3n) is 3.92. The Morgan fingerprint density at radius 1 is 1.29 bits per heavy atom. The van der Waals surface area contributed by atoms with Crippen molar-refractivity contribution in [3.8, 4) is 0 Å². The second-order valence-electron chi connectivity index (χ2n) is 6.02. The average Bonchev–Trinajstić information content (AvgIpc) is 2.49. The van der Waals surface area contributed by atoms with Crippen LogP contribution in [0.4, 0.5) is 0 Å². The summed E-state index contributed by atoms with van der Waals surface area (Å²) in [7, 11) is 0. The zero-order chi connectivity index (χ0) is 17.4. The van der Waals surface area contributed by atoms with Crippen LogP contribution in [0.5, 0.6) is 0 Å². The van der Waals surface area contributed by atoms with Crippen molar-refractivity contribution < 1.29 is 9.53 Å². The van der Waals surface area contributed by atoms with Gasteiger partial charge in [0.25, 0.3) is 5.56 Å². The van der Waals surface area contributed by atoms with E-state index in [0.717, 1.165) is 0 Å². The van der Waals surface area contributed by atoms with Gasteiger partial charge < -0.3 is 9.64 Å². The number of rotatable bonds is 2. The van der Waals surface area contributed by atoms with E-state index in [1.54, 1.807) is 4.90 Å². The van der Waals surface area contributed by atoms with Crippen molar-refractivity contribution in [1.29, 1.82) is 0 Å². The summed E-state index contributed by atoms with van der Waals surface area (Å²) in [4.78, 5) is 31.0. The zero-order valence-corrected chi connectivity index (χ0v) is 14.8. The second-order valence-corrected chi connectivity index (χ2v) is 6.86. The second kappa shape index (κ2) is 6.70. The molecule has 1 fully saturated rings. The molecule has 1 aromatic carbocycles. The third kappa shape index (κ3) is 3.41. The number of morpholine rings is 1. The van der Waals surface area contributed by atoms with Gasteiger partial charge in [-0.2, -0.15) is 0 Å². The highest BCUT2D eigenvalue weighted by Crippen LogP contribution is 2.24. The summed E-state index contributed by atoms with van der Waals surface area (Å²) in [5.41, 5.74) is 0.0375. The summed E-state index contributed by atoms with van der Waals surface area (Å²) in [6.45, 7) is 4.78. The van der Waals surface area contributed by atoms with E-state index >= 15 is 0 Å². The molecule has 0 aliphatic carbocycles. The first kappa shape index (κ1) is 17.2. The molecule has 3 rings (SSSR count). The molecule has 2 heterocycles.